The first kappa shape index (κ1) is 17.6. The predicted octanol–water partition coefficient (Wildman–Crippen LogP) is 2.96. The Balaban J connectivity index is 3.28. The van der Waals surface area contributed by atoms with Gasteiger partial charge in [-0.15, -0.1) is 0 Å². The van der Waals surface area contributed by atoms with Crippen molar-refractivity contribution in [1.82, 2.24) is 9.97 Å². The van der Waals surface area contributed by atoms with Crippen LogP contribution in [0, 0.1) is 3.57 Å². The van der Waals surface area contributed by atoms with E-state index >= 15 is 0 Å². The van der Waals surface area contributed by atoms with Crippen molar-refractivity contribution < 1.29 is 8.42 Å². The lowest BCUT2D eigenvalue weighted by atomic mass is 10.2. The number of hydrogen-bond acceptors (Lipinski definition) is 5. The molecule has 0 aromatic carbocycles. The summed E-state index contributed by atoms with van der Waals surface area (Å²) in [5.74, 6) is 1.13. The zero-order chi connectivity index (χ0) is 15.3. The molecule has 0 amide bonds. The molecule has 20 heavy (non-hydrogen) atoms. The van der Waals surface area contributed by atoms with Gasteiger partial charge in [-0.2, -0.15) is 0 Å². The molecule has 1 unspecified atom stereocenters. The third kappa shape index (κ3) is 4.54. The van der Waals surface area contributed by atoms with E-state index in [0.717, 1.165) is 40.9 Å². The lowest BCUT2D eigenvalue weighted by Gasteiger charge is -2.15. The largest absolute Gasteiger partial charge is 0.369 e. The summed E-state index contributed by atoms with van der Waals surface area (Å²) in [5.41, 5.74) is 0.923. The zero-order valence-corrected chi connectivity index (χ0v) is 15.4. The number of nitrogens with zero attached hydrogens (tertiary/aromatic N) is 2. The molecule has 1 aromatic rings. The Hall–Kier alpha value is -0.440. The van der Waals surface area contributed by atoms with Crippen molar-refractivity contribution in [2.24, 2.45) is 0 Å². The number of aryl methyl sites for hydroxylation is 1. The first-order valence-corrected chi connectivity index (χ1v) is 9.83. The molecule has 0 saturated heterocycles. The van der Waals surface area contributed by atoms with Gasteiger partial charge in [0.25, 0.3) is 0 Å². The quantitative estimate of drug-likeness (QED) is 0.699. The Morgan fingerprint density at radius 1 is 1.25 bits per heavy atom. The summed E-state index contributed by atoms with van der Waals surface area (Å²) in [6, 6.07) is 0. The van der Waals surface area contributed by atoms with E-state index in [1.165, 1.54) is 6.26 Å². The molecule has 114 valence electrons. The topological polar surface area (TPSA) is 72.0 Å². The van der Waals surface area contributed by atoms with Crippen molar-refractivity contribution in [3.05, 3.63) is 15.1 Å². The van der Waals surface area contributed by atoms with Crippen molar-refractivity contribution in [1.29, 1.82) is 0 Å². The molecule has 1 aromatic heterocycles. The predicted molar refractivity (Wildman–Crippen MR) is 90.8 cm³/mol. The molecule has 7 heteroatoms. The van der Waals surface area contributed by atoms with Gasteiger partial charge in [0.1, 0.15) is 16.9 Å². The molecule has 0 aliphatic carbocycles. The highest BCUT2D eigenvalue weighted by Gasteiger charge is 2.23. The van der Waals surface area contributed by atoms with Crippen LogP contribution in [0.2, 0.25) is 0 Å². The Morgan fingerprint density at radius 3 is 2.40 bits per heavy atom. The maximum absolute atomic E-state index is 11.7. The monoisotopic (exact) mass is 411 g/mol. The number of aromatic nitrogens is 2. The van der Waals surface area contributed by atoms with Crippen LogP contribution in [0.5, 0.6) is 0 Å². The van der Waals surface area contributed by atoms with E-state index in [1.54, 1.807) is 6.92 Å². The summed E-state index contributed by atoms with van der Waals surface area (Å²) >= 11 is 2.23. The van der Waals surface area contributed by atoms with Gasteiger partial charge in [-0.05, 0) is 42.4 Å². The normalized spacial score (nSPS) is 13.2. The summed E-state index contributed by atoms with van der Waals surface area (Å²) in [7, 11) is -3.19. The minimum Gasteiger partial charge on any atom is -0.369 e. The van der Waals surface area contributed by atoms with Crippen molar-refractivity contribution in [2.75, 3.05) is 18.1 Å². The highest BCUT2D eigenvalue weighted by molar-refractivity contribution is 14.1. The van der Waals surface area contributed by atoms with Crippen molar-refractivity contribution in [3.8, 4) is 0 Å². The van der Waals surface area contributed by atoms with Crippen LogP contribution in [0.25, 0.3) is 0 Å². The van der Waals surface area contributed by atoms with E-state index in [0.29, 0.717) is 5.82 Å². The third-order valence-electron chi connectivity index (χ3n) is 2.97. The average molecular weight is 411 g/mol. The Morgan fingerprint density at radius 2 is 1.90 bits per heavy atom. The smallest absolute Gasteiger partial charge is 0.157 e. The second-order valence-corrected chi connectivity index (χ2v) is 8.28. The van der Waals surface area contributed by atoms with Gasteiger partial charge in [0.2, 0.25) is 0 Å². The molecule has 1 heterocycles. The Labute approximate surface area is 135 Å². The Kier molecular flexibility index (Phi) is 6.63. The summed E-state index contributed by atoms with van der Waals surface area (Å²) in [6.07, 6.45) is 4.00. The number of nitrogens with one attached hydrogen (secondary N) is 1. The van der Waals surface area contributed by atoms with Gasteiger partial charge < -0.3 is 5.32 Å². The van der Waals surface area contributed by atoms with E-state index < -0.39 is 15.1 Å². The first-order valence-electron chi connectivity index (χ1n) is 6.80. The van der Waals surface area contributed by atoms with Crippen LogP contribution in [0.4, 0.5) is 5.82 Å². The highest BCUT2D eigenvalue weighted by Crippen LogP contribution is 2.25. The van der Waals surface area contributed by atoms with E-state index in [9.17, 15) is 8.42 Å². The van der Waals surface area contributed by atoms with Gasteiger partial charge in [-0.25, -0.2) is 18.4 Å². The third-order valence-corrected chi connectivity index (χ3v) is 5.60. The molecule has 1 rings (SSSR count). The fourth-order valence-corrected chi connectivity index (χ4v) is 2.84. The minimum absolute atomic E-state index is 0.384. The molecule has 1 N–H and O–H groups in total. The molecule has 1 atom stereocenters. The second-order valence-electron chi connectivity index (χ2n) is 4.84. The molecule has 0 aliphatic heterocycles. The molecule has 0 aliphatic rings. The van der Waals surface area contributed by atoms with Crippen LogP contribution in [0.15, 0.2) is 0 Å². The van der Waals surface area contributed by atoms with E-state index in [1.807, 2.05) is 0 Å². The van der Waals surface area contributed by atoms with Gasteiger partial charge >= 0.3 is 0 Å². The van der Waals surface area contributed by atoms with Crippen molar-refractivity contribution in [2.45, 2.75) is 45.3 Å². The summed E-state index contributed by atoms with van der Waals surface area (Å²) < 4.78 is 24.4. The van der Waals surface area contributed by atoms with E-state index in [4.69, 9.17) is 0 Å². The lowest BCUT2D eigenvalue weighted by Crippen LogP contribution is -2.16. The van der Waals surface area contributed by atoms with Crippen LogP contribution in [0.3, 0.4) is 0 Å². The van der Waals surface area contributed by atoms with Gasteiger partial charge in [0.15, 0.2) is 9.84 Å². The Bertz CT molecular complexity index is 561. The van der Waals surface area contributed by atoms with Gasteiger partial charge in [0.05, 0.1) is 9.26 Å². The summed E-state index contributed by atoms with van der Waals surface area (Å²) in [6.45, 7) is 6.60. The van der Waals surface area contributed by atoms with Crippen molar-refractivity contribution >= 4 is 38.2 Å². The highest BCUT2D eigenvalue weighted by atomic mass is 127. The second kappa shape index (κ2) is 7.53. The molecule has 0 fully saturated rings. The summed E-state index contributed by atoms with van der Waals surface area (Å²) in [4.78, 5) is 8.87. The standard InChI is InChI=1S/C13H22IN3O2S/c1-5-7-10-11(14)13(15-8-6-2)17-12(16-10)9(3)20(4,18)19/h9H,5-8H2,1-4H3,(H,15,16,17). The number of hydrogen-bond donors (Lipinski definition) is 1. The number of sulfone groups is 1. The zero-order valence-electron chi connectivity index (χ0n) is 12.4. The number of halogens is 1. The molecular weight excluding hydrogens is 389 g/mol. The molecule has 0 spiro atoms. The number of anilines is 1. The van der Waals surface area contributed by atoms with Crippen LogP contribution in [0.1, 0.15) is 50.4 Å². The van der Waals surface area contributed by atoms with Gasteiger partial charge in [-0.1, -0.05) is 20.3 Å². The average Bonchev–Trinajstić information content (AvgIpc) is 2.38. The van der Waals surface area contributed by atoms with Crippen molar-refractivity contribution in [3.63, 3.8) is 0 Å². The molecule has 0 bridgehead atoms. The van der Waals surface area contributed by atoms with Crippen LogP contribution in [-0.4, -0.2) is 31.2 Å². The van der Waals surface area contributed by atoms with Gasteiger partial charge in [-0.3, -0.25) is 0 Å². The summed E-state index contributed by atoms with van der Waals surface area (Å²) in [5, 5.41) is 2.57. The molecular formula is C13H22IN3O2S. The maximum Gasteiger partial charge on any atom is 0.157 e. The molecule has 0 saturated carbocycles. The fourth-order valence-electron chi connectivity index (χ4n) is 1.65. The molecule has 0 radical (unpaired) electrons. The molecule has 5 nitrogen and oxygen atoms in total. The van der Waals surface area contributed by atoms with E-state index in [-0.39, 0.29) is 0 Å². The maximum atomic E-state index is 11.7. The van der Waals surface area contributed by atoms with Crippen LogP contribution in [-0.2, 0) is 16.3 Å². The van der Waals surface area contributed by atoms with Gasteiger partial charge in [0, 0.05) is 12.8 Å². The number of rotatable bonds is 7. The SMILES string of the molecule is CCCNc1nc(C(C)S(C)(=O)=O)nc(CCC)c1I. The van der Waals surface area contributed by atoms with Crippen LogP contribution >= 0.6 is 22.6 Å². The lowest BCUT2D eigenvalue weighted by molar-refractivity contribution is 0.588. The fraction of sp³-hybridized carbons (Fsp3) is 0.692. The minimum atomic E-state index is -3.19. The van der Waals surface area contributed by atoms with E-state index in [2.05, 4.69) is 51.7 Å². The van der Waals surface area contributed by atoms with Crippen LogP contribution < -0.4 is 5.32 Å². The first-order chi connectivity index (χ1) is 9.31.